The largest absolute Gasteiger partial charge is 0.491 e. The molecule has 0 atom stereocenters. The van der Waals surface area contributed by atoms with Crippen LogP contribution in [-0.2, 0) is 12.1 Å². The van der Waals surface area contributed by atoms with Crippen LogP contribution in [0.4, 0.5) is 0 Å². The van der Waals surface area contributed by atoms with Gasteiger partial charge in [0.1, 0.15) is 5.75 Å². The van der Waals surface area contributed by atoms with Crippen molar-refractivity contribution >= 4 is 11.7 Å². The molecule has 0 unspecified atom stereocenters. The Balaban J connectivity index is 0.00000306. The molecule has 0 saturated carbocycles. The Morgan fingerprint density at radius 3 is 2.41 bits per heavy atom. The minimum Gasteiger partial charge on any atom is -0.491 e. The zero-order valence-corrected chi connectivity index (χ0v) is 20.1. The highest BCUT2D eigenvalue weighted by atomic mass is 16.5. The quantitative estimate of drug-likeness (QED) is 0.710. The van der Waals surface area contributed by atoms with Gasteiger partial charge in [-0.1, -0.05) is 0 Å². The summed E-state index contributed by atoms with van der Waals surface area (Å²) in [6, 6.07) is 9.73. The number of hydrogen-bond acceptors (Lipinski definition) is 4. The molecule has 6 nitrogen and oxygen atoms in total. The molecular weight excluding hydrogens is 402 g/mol. The van der Waals surface area contributed by atoms with Gasteiger partial charge in [-0.25, -0.2) is 0 Å². The third kappa shape index (κ3) is 4.08. The van der Waals surface area contributed by atoms with Crippen molar-refractivity contribution in [2.75, 3.05) is 13.1 Å². The first kappa shape index (κ1) is 22.6. The number of benzene rings is 1. The zero-order valence-electron chi connectivity index (χ0n) is 20.1. The number of aromatic nitrogens is 1. The second kappa shape index (κ2) is 8.07. The maximum atomic E-state index is 13.2. The number of ketones is 1. The molecule has 4 rings (SSSR count). The van der Waals surface area contributed by atoms with Gasteiger partial charge in [0, 0.05) is 44.8 Å². The third-order valence-corrected chi connectivity index (χ3v) is 6.65. The lowest BCUT2D eigenvalue weighted by molar-refractivity contribution is 0.0519. The van der Waals surface area contributed by atoms with Gasteiger partial charge in [0.25, 0.3) is 5.91 Å². The van der Waals surface area contributed by atoms with E-state index in [1.807, 2.05) is 49.9 Å². The first-order chi connectivity index (χ1) is 15.0. The van der Waals surface area contributed by atoms with Gasteiger partial charge in [0.15, 0.2) is 5.78 Å². The molecule has 1 aromatic carbocycles. The number of nitrogens with zero attached hydrogens (tertiary/aromatic N) is 2. The third-order valence-electron chi connectivity index (χ3n) is 6.65. The Hall–Kier alpha value is -2.60. The summed E-state index contributed by atoms with van der Waals surface area (Å²) in [7, 11) is 0. The highest BCUT2D eigenvalue weighted by molar-refractivity contribution is 5.95. The molecule has 1 spiro atoms. The molecule has 0 radical (unpaired) electrons. The predicted molar refractivity (Wildman–Crippen MR) is 128 cm³/mol. The van der Waals surface area contributed by atoms with Gasteiger partial charge < -0.3 is 14.2 Å². The Kier molecular flexibility index (Phi) is 5.70. The van der Waals surface area contributed by atoms with E-state index in [1.165, 1.54) is 5.69 Å². The molecule has 32 heavy (non-hydrogen) atoms. The second-order valence-corrected chi connectivity index (χ2v) is 10.3. The van der Waals surface area contributed by atoms with Crippen LogP contribution in [-0.4, -0.2) is 45.9 Å². The molecular formula is C26H37N3O3. The number of nitrogens with one attached hydrogen (secondary N) is 1. The van der Waals surface area contributed by atoms with Gasteiger partial charge in [-0.05, 0) is 83.4 Å². The van der Waals surface area contributed by atoms with E-state index in [9.17, 15) is 9.59 Å². The summed E-state index contributed by atoms with van der Waals surface area (Å²) in [5.41, 5.74) is 3.26. The first-order valence-corrected chi connectivity index (χ1v) is 11.6. The van der Waals surface area contributed by atoms with Crippen molar-refractivity contribution in [2.45, 2.75) is 78.1 Å². The van der Waals surface area contributed by atoms with Crippen molar-refractivity contribution < 1.29 is 15.8 Å². The van der Waals surface area contributed by atoms with Gasteiger partial charge in [-0.15, -0.1) is 0 Å². The number of aryl methyl sites for hydroxylation is 1. The van der Waals surface area contributed by atoms with Crippen LogP contribution in [0.2, 0.25) is 0 Å². The molecule has 2 aromatic rings. The van der Waals surface area contributed by atoms with Gasteiger partial charge in [-0.3, -0.25) is 14.9 Å². The average molecular weight is 440 g/mol. The van der Waals surface area contributed by atoms with Crippen molar-refractivity contribution in [1.29, 1.82) is 0 Å². The van der Waals surface area contributed by atoms with Crippen molar-refractivity contribution in [1.82, 2.24) is 14.8 Å². The van der Waals surface area contributed by atoms with E-state index in [0.717, 1.165) is 36.4 Å². The number of fused-ring (bicyclic) bond motifs is 2. The summed E-state index contributed by atoms with van der Waals surface area (Å²) in [6.45, 7) is 14.1. The number of carbonyl (C=O) groups excluding carboxylic acids is 2. The standard InChI is InChI=1S/C26H35N3O3.H2/c1-17(2)32-22-9-7-20(15-18(22)3)24(31)28-13-11-26(12-14-28)23-10-8-21(19(4)30)29(23)16-25(5,6)27-26;/h7-10,15,17,27H,11-14,16H2,1-6H3;1H. The van der Waals surface area contributed by atoms with E-state index in [-0.39, 0.29) is 30.3 Å². The fraction of sp³-hybridized carbons (Fsp3) is 0.538. The van der Waals surface area contributed by atoms with Crippen LogP contribution in [0.25, 0.3) is 0 Å². The molecule has 0 bridgehead atoms. The molecule has 174 valence electrons. The number of piperidine rings is 1. The van der Waals surface area contributed by atoms with Crippen LogP contribution in [0.5, 0.6) is 5.75 Å². The van der Waals surface area contributed by atoms with Gasteiger partial charge >= 0.3 is 0 Å². The van der Waals surface area contributed by atoms with Crippen LogP contribution in [0, 0.1) is 6.92 Å². The fourth-order valence-electron chi connectivity index (χ4n) is 5.33. The number of rotatable bonds is 4. The number of carbonyl (C=O) groups is 2. The van der Waals surface area contributed by atoms with Gasteiger partial charge in [0.05, 0.1) is 17.3 Å². The monoisotopic (exact) mass is 439 g/mol. The van der Waals surface area contributed by atoms with Gasteiger partial charge in [-0.2, -0.15) is 0 Å². The van der Waals surface area contributed by atoms with Crippen molar-refractivity contribution in [2.24, 2.45) is 0 Å². The van der Waals surface area contributed by atoms with Crippen LogP contribution in [0.3, 0.4) is 0 Å². The Labute approximate surface area is 192 Å². The van der Waals surface area contributed by atoms with Crippen molar-refractivity contribution in [3.05, 3.63) is 52.8 Å². The van der Waals surface area contributed by atoms with E-state index in [2.05, 4.69) is 29.8 Å². The van der Waals surface area contributed by atoms with E-state index < -0.39 is 0 Å². The Bertz CT molecular complexity index is 1050. The molecule has 1 fully saturated rings. The molecule has 2 aliphatic rings. The predicted octanol–water partition coefficient (Wildman–Crippen LogP) is 4.55. The average Bonchev–Trinajstić information content (AvgIpc) is 3.13. The highest BCUT2D eigenvalue weighted by Crippen LogP contribution is 2.40. The summed E-state index contributed by atoms with van der Waals surface area (Å²) >= 11 is 0. The minimum absolute atomic E-state index is 0. The molecule has 1 aromatic heterocycles. The van der Waals surface area contributed by atoms with Crippen LogP contribution in [0.15, 0.2) is 30.3 Å². The number of Topliss-reactive ketones (excluding diaryl/α,β-unsaturated/α-hetero) is 1. The zero-order chi connectivity index (χ0) is 23.3. The smallest absolute Gasteiger partial charge is 0.253 e. The fourth-order valence-corrected chi connectivity index (χ4v) is 5.33. The number of hydrogen-bond donors (Lipinski definition) is 1. The molecule has 3 heterocycles. The molecule has 6 heteroatoms. The summed E-state index contributed by atoms with van der Waals surface area (Å²) in [5.74, 6) is 0.982. The van der Waals surface area contributed by atoms with Gasteiger partial charge in [0.2, 0.25) is 0 Å². The first-order valence-electron chi connectivity index (χ1n) is 11.6. The Morgan fingerprint density at radius 2 is 1.81 bits per heavy atom. The van der Waals surface area contributed by atoms with E-state index in [1.54, 1.807) is 6.92 Å². The Morgan fingerprint density at radius 1 is 1.12 bits per heavy atom. The van der Waals surface area contributed by atoms with Crippen LogP contribution >= 0.6 is 0 Å². The number of amides is 1. The minimum atomic E-state index is -0.225. The molecule has 2 aliphatic heterocycles. The lowest BCUT2D eigenvalue weighted by Gasteiger charge is -2.51. The molecule has 0 aliphatic carbocycles. The van der Waals surface area contributed by atoms with Crippen molar-refractivity contribution in [3.8, 4) is 5.75 Å². The lowest BCUT2D eigenvalue weighted by Crippen LogP contribution is -2.63. The maximum Gasteiger partial charge on any atom is 0.253 e. The van der Waals surface area contributed by atoms with Crippen molar-refractivity contribution in [3.63, 3.8) is 0 Å². The maximum absolute atomic E-state index is 13.2. The summed E-state index contributed by atoms with van der Waals surface area (Å²) in [4.78, 5) is 27.4. The number of ether oxygens (including phenoxy) is 1. The van der Waals surface area contributed by atoms with Crippen LogP contribution < -0.4 is 10.1 Å². The SMILES string of the molecule is CC(=O)c1ccc2n1CC(C)(C)NC21CCN(C(=O)c2ccc(OC(C)C)c(C)c2)CC1.[HH]. The highest BCUT2D eigenvalue weighted by Gasteiger charge is 2.46. The second-order valence-electron chi connectivity index (χ2n) is 10.3. The lowest BCUT2D eigenvalue weighted by atomic mass is 9.79. The number of likely N-dealkylation sites (tertiary alicyclic amines) is 1. The van der Waals surface area contributed by atoms with E-state index in [4.69, 9.17) is 4.74 Å². The molecule has 1 amide bonds. The summed E-state index contributed by atoms with van der Waals surface area (Å²) in [5, 5.41) is 3.86. The molecule has 1 saturated heterocycles. The van der Waals surface area contributed by atoms with E-state index in [0.29, 0.717) is 18.7 Å². The summed E-state index contributed by atoms with van der Waals surface area (Å²) < 4.78 is 8.00. The van der Waals surface area contributed by atoms with E-state index >= 15 is 0 Å². The topological polar surface area (TPSA) is 63.6 Å². The normalized spacial score (nSPS) is 19.2. The van der Waals surface area contributed by atoms with Crippen LogP contribution in [0.1, 0.15) is 81.0 Å². The molecule has 1 N–H and O–H groups in total. The summed E-state index contributed by atoms with van der Waals surface area (Å²) in [6.07, 6.45) is 1.73.